The van der Waals surface area contributed by atoms with E-state index in [0.29, 0.717) is 5.56 Å². The minimum absolute atomic E-state index is 0.195. The molecule has 3 nitrogen and oxygen atoms in total. The van der Waals surface area contributed by atoms with E-state index in [2.05, 4.69) is 0 Å². The lowest BCUT2D eigenvalue weighted by molar-refractivity contribution is 0.450. The van der Waals surface area contributed by atoms with Gasteiger partial charge in [0.15, 0.2) is 0 Å². The van der Waals surface area contributed by atoms with Gasteiger partial charge in [-0.25, -0.2) is 0 Å². The Morgan fingerprint density at radius 1 is 0.765 bits per heavy atom. The van der Waals surface area contributed by atoms with Crippen molar-refractivity contribution >= 4 is 12.2 Å². The molecule has 2 aromatic rings. The van der Waals surface area contributed by atoms with Gasteiger partial charge in [0.1, 0.15) is 17.2 Å². The van der Waals surface area contributed by atoms with Gasteiger partial charge < -0.3 is 15.3 Å². The Kier molecular flexibility index (Phi) is 2.66. The standard InChI is InChI=1S/C14H12O3/c15-12-5-3-10(4-6-12)1-2-11-7-13(16)9-14(17)8-11/h1-9,15-17H/b2-1+/i9D. The minimum Gasteiger partial charge on any atom is -0.508 e. The summed E-state index contributed by atoms with van der Waals surface area (Å²) in [7, 11) is 0. The number of hydrogen-bond donors (Lipinski definition) is 3. The van der Waals surface area contributed by atoms with Crippen LogP contribution in [0.15, 0.2) is 42.4 Å². The van der Waals surface area contributed by atoms with E-state index in [9.17, 15) is 10.2 Å². The molecule has 0 bridgehead atoms. The second kappa shape index (κ2) is 4.61. The predicted octanol–water partition coefficient (Wildman–Crippen LogP) is 2.97. The van der Waals surface area contributed by atoms with Gasteiger partial charge in [-0.1, -0.05) is 24.3 Å². The zero-order valence-electron chi connectivity index (χ0n) is 9.96. The van der Waals surface area contributed by atoms with Crippen LogP contribution in [-0.4, -0.2) is 15.3 Å². The van der Waals surface area contributed by atoms with E-state index in [1.165, 1.54) is 12.1 Å². The Morgan fingerprint density at radius 2 is 1.29 bits per heavy atom. The highest BCUT2D eigenvalue weighted by molar-refractivity contribution is 5.71. The molecule has 2 aromatic carbocycles. The molecule has 3 heteroatoms. The molecule has 0 aliphatic heterocycles. The summed E-state index contributed by atoms with van der Waals surface area (Å²) in [5.74, 6) is -0.332. The van der Waals surface area contributed by atoms with Crippen LogP contribution in [0.4, 0.5) is 0 Å². The van der Waals surface area contributed by atoms with Gasteiger partial charge in [-0.3, -0.25) is 0 Å². The van der Waals surface area contributed by atoms with Crippen LogP contribution in [0.2, 0.25) is 0 Å². The molecule has 3 N–H and O–H groups in total. The fraction of sp³-hybridized carbons (Fsp3) is 0. The van der Waals surface area contributed by atoms with Crippen molar-refractivity contribution in [1.29, 1.82) is 0 Å². The first kappa shape index (κ1) is 9.78. The third-order valence-electron chi connectivity index (χ3n) is 2.22. The number of phenols is 3. The normalized spacial score (nSPS) is 11.6. The fourth-order valence-corrected chi connectivity index (χ4v) is 1.43. The molecule has 2 rings (SSSR count). The van der Waals surface area contributed by atoms with E-state index >= 15 is 0 Å². The molecular formula is C14H12O3. The Labute approximate surface area is 100 Å². The summed E-state index contributed by atoms with van der Waals surface area (Å²) < 4.78 is 7.31. The Hall–Kier alpha value is -2.42. The first-order valence-electron chi connectivity index (χ1n) is 5.56. The van der Waals surface area contributed by atoms with E-state index in [4.69, 9.17) is 6.48 Å². The average molecular weight is 229 g/mol. The van der Waals surface area contributed by atoms with Crippen LogP contribution in [0.5, 0.6) is 17.2 Å². The van der Waals surface area contributed by atoms with Crippen LogP contribution < -0.4 is 0 Å². The van der Waals surface area contributed by atoms with Crippen LogP contribution >= 0.6 is 0 Å². The zero-order valence-corrected chi connectivity index (χ0v) is 8.96. The Morgan fingerprint density at radius 3 is 1.88 bits per heavy atom. The van der Waals surface area contributed by atoms with Crippen molar-refractivity contribution in [3.05, 3.63) is 53.6 Å². The highest BCUT2D eigenvalue weighted by atomic mass is 16.3. The van der Waals surface area contributed by atoms with E-state index in [0.717, 1.165) is 5.56 Å². The van der Waals surface area contributed by atoms with Crippen molar-refractivity contribution in [1.82, 2.24) is 0 Å². The predicted molar refractivity (Wildman–Crippen MR) is 66.8 cm³/mol. The van der Waals surface area contributed by atoms with Crippen molar-refractivity contribution in [2.75, 3.05) is 0 Å². The van der Waals surface area contributed by atoms with Crippen LogP contribution in [0.1, 0.15) is 12.5 Å². The fourth-order valence-electron chi connectivity index (χ4n) is 1.43. The number of phenolic OH excluding ortho intramolecular Hbond substituents is 3. The van der Waals surface area contributed by atoms with Gasteiger partial charge >= 0.3 is 0 Å². The lowest BCUT2D eigenvalue weighted by atomic mass is 10.1. The third kappa shape index (κ3) is 3.01. The van der Waals surface area contributed by atoms with E-state index in [1.54, 1.807) is 36.4 Å². The smallest absolute Gasteiger partial charge is 0.119 e. The molecule has 0 aliphatic rings. The van der Waals surface area contributed by atoms with Crippen molar-refractivity contribution in [3.63, 3.8) is 0 Å². The maximum Gasteiger partial charge on any atom is 0.119 e. The SMILES string of the molecule is [2H]c1c(O)cc(/C=C/c2ccc(O)cc2)cc1O. The zero-order chi connectivity index (χ0) is 13.1. The van der Waals surface area contributed by atoms with E-state index in [1.807, 2.05) is 0 Å². The molecule has 0 aromatic heterocycles. The Balaban J connectivity index is 2.26. The maximum absolute atomic E-state index is 9.40. The molecule has 0 spiro atoms. The van der Waals surface area contributed by atoms with Crippen molar-refractivity contribution in [2.45, 2.75) is 0 Å². The van der Waals surface area contributed by atoms with Crippen molar-refractivity contribution in [2.24, 2.45) is 0 Å². The minimum atomic E-state index is -0.281. The van der Waals surface area contributed by atoms with Crippen LogP contribution in [-0.2, 0) is 0 Å². The number of aromatic hydroxyl groups is 3. The van der Waals surface area contributed by atoms with Crippen molar-refractivity contribution < 1.29 is 16.7 Å². The summed E-state index contributed by atoms with van der Waals surface area (Å²) in [6.45, 7) is 0. The van der Waals surface area contributed by atoms with Crippen LogP contribution in [0, 0.1) is 0 Å². The van der Waals surface area contributed by atoms with E-state index in [-0.39, 0.29) is 23.3 Å². The largest absolute Gasteiger partial charge is 0.508 e. The van der Waals surface area contributed by atoms with Gasteiger partial charge in [0, 0.05) is 6.04 Å². The van der Waals surface area contributed by atoms with Crippen LogP contribution in [0.25, 0.3) is 12.2 Å². The summed E-state index contributed by atoms with van der Waals surface area (Å²) in [5.41, 5.74) is 1.47. The van der Waals surface area contributed by atoms with Gasteiger partial charge in [0.05, 0.1) is 1.37 Å². The monoisotopic (exact) mass is 229 g/mol. The van der Waals surface area contributed by atoms with Gasteiger partial charge in [-0.05, 0) is 35.4 Å². The van der Waals surface area contributed by atoms with Crippen molar-refractivity contribution in [3.8, 4) is 17.2 Å². The molecular weight excluding hydrogens is 216 g/mol. The summed E-state index contributed by atoms with van der Waals surface area (Å²) in [6.07, 6.45) is 3.47. The third-order valence-corrected chi connectivity index (χ3v) is 2.22. The lowest BCUT2D eigenvalue weighted by Gasteiger charge is -1.98. The summed E-state index contributed by atoms with van der Waals surface area (Å²) in [6, 6.07) is 9.15. The quantitative estimate of drug-likeness (QED) is 0.694. The molecule has 0 atom stereocenters. The summed E-state index contributed by atoms with van der Waals surface area (Å²) >= 11 is 0. The van der Waals surface area contributed by atoms with Gasteiger partial charge in [-0.15, -0.1) is 0 Å². The molecule has 0 amide bonds. The lowest BCUT2D eigenvalue weighted by Crippen LogP contribution is -1.74. The van der Waals surface area contributed by atoms with E-state index < -0.39 is 0 Å². The first-order valence-corrected chi connectivity index (χ1v) is 5.06. The average Bonchev–Trinajstić information content (AvgIpc) is 2.35. The number of benzene rings is 2. The summed E-state index contributed by atoms with van der Waals surface area (Å²) in [4.78, 5) is 0. The molecule has 0 unspecified atom stereocenters. The molecule has 0 saturated heterocycles. The highest BCUT2D eigenvalue weighted by Gasteiger charge is 1.95. The first-order chi connectivity index (χ1) is 8.56. The topological polar surface area (TPSA) is 60.7 Å². The van der Waals surface area contributed by atoms with Gasteiger partial charge in [-0.2, -0.15) is 0 Å². The summed E-state index contributed by atoms with van der Waals surface area (Å²) in [5, 5.41) is 27.9. The Bertz CT molecular complexity index is 565. The molecule has 0 aliphatic carbocycles. The second-order valence-corrected chi connectivity index (χ2v) is 3.61. The molecule has 0 fully saturated rings. The van der Waals surface area contributed by atoms with Gasteiger partial charge in [0.2, 0.25) is 0 Å². The second-order valence-electron chi connectivity index (χ2n) is 3.61. The van der Waals surface area contributed by atoms with Gasteiger partial charge in [0.25, 0.3) is 0 Å². The molecule has 17 heavy (non-hydrogen) atoms. The molecule has 0 radical (unpaired) electrons. The van der Waals surface area contributed by atoms with Crippen LogP contribution in [0.3, 0.4) is 0 Å². The molecule has 86 valence electrons. The maximum atomic E-state index is 9.40. The molecule has 0 saturated carbocycles. The molecule has 0 heterocycles. The number of hydrogen-bond acceptors (Lipinski definition) is 3. The number of rotatable bonds is 2. The highest BCUT2D eigenvalue weighted by Crippen LogP contribution is 2.22.